The average Bonchev–Trinajstić information content (AvgIpc) is 3.23. The molecule has 1 fully saturated rings. The third kappa shape index (κ3) is 6.00. The topological polar surface area (TPSA) is 87.2 Å². The number of aliphatic hydroxyl groups excluding tert-OH is 1. The van der Waals surface area contributed by atoms with Gasteiger partial charge < -0.3 is 14.3 Å². The molecule has 1 amide bonds. The van der Waals surface area contributed by atoms with Gasteiger partial charge in [-0.25, -0.2) is 4.79 Å². The number of diazo groups is 1. The number of hydrogen-bond donors (Lipinski definition) is 1. The number of benzene rings is 2. The molecule has 0 aromatic heterocycles. The molecule has 38 heavy (non-hydrogen) atoms. The van der Waals surface area contributed by atoms with Crippen molar-refractivity contribution in [3.05, 3.63) is 90.3 Å². The Morgan fingerprint density at radius 1 is 1.08 bits per heavy atom. The Morgan fingerprint density at radius 3 is 2.03 bits per heavy atom. The van der Waals surface area contributed by atoms with Crippen LogP contribution in [0.3, 0.4) is 0 Å². The molecule has 8 heteroatoms. The van der Waals surface area contributed by atoms with Gasteiger partial charge in [0.25, 0.3) is 8.32 Å². The third-order valence-electron chi connectivity index (χ3n) is 6.95. The number of ether oxygens (including phenoxy) is 1. The first-order chi connectivity index (χ1) is 17.9. The van der Waals surface area contributed by atoms with Crippen LogP contribution in [-0.4, -0.2) is 48.7 Å². The maximum atomic E-state index is 13.5. The summed E-state index contributed by atoms with van der Waals surface area (Å²) in [5.41, 5.74) is -0.738. The first-order valence-corrected chi connectivity index (χ1v) is 14.9. The lowest BCUT2D eigenvalue weighted by molar-refractivity contribution is 0.00862. The van der Waals surface area contributed by atoms with Crippen LogP contribution >= 0.6 is 0 Å². The summed E-state index contributed by atoms with van der Waals surface area (Å²) in [6.45, 7) is 16.2. The lowest BCUT2D eigenvalue weighted by Crippen LogP contribution is -2.67. The molecule has 202 valence electrons. The largest absolute Gasteiger partial charge is 0.504 e. The summed E-state index contributed by atoms with van der Waals surface area (Å²) in [5, 5.41) is 21.9. The van der Waals surface area contributed by atoms with Crippen LogP contribution in [0, 0.1) is 11.3 Å². The van der Waals surface area contributed by atoms with Crippen molar-refractivity contribution in [2.75, 3.05) is 6.61 Å². The quantitative estimate of drug-likeness (QED) is 0.204. The van der Waals surface area contributed by atoms with Crippen LogP contribution in [0.25, 0.3) is 4.98 Å². The third-order valence-corrected chi connectivity index (χ3v) is 12.0. The second-order valence-electron chi connectivity index (χ2n) is 11.8. The number of carbonyl (C=O) groups excluding carboxylic acids is 1. The number of aliphatic hydroxyl groups is 1. The molecule has 1 saturated heterocycles. The zero-order chi connectivity index (χ0) is 28.1. The van der Waals surface area contributed by atoms with Gasteiger partial charge in [-0.2, -0.15) is 0 Å². The van der Waals surface area contributed by atoms with Crippen LogP contribution in [-0.2, 0) is 9.16 Å². The van der Waals surface area contributed by atoms with Gasteiger partial charge >= 0.3 is 12.3 Å². The first kappa shape index (κ1) is 29.1. The molecule has 7 nitrogen and oxygen atoms in total. The number of amides is 1. The Morgan fingerprint density at radius 2 is 1.61 bits per heavy atom. The monoisotopic (exact) mass is 534 g/mol. The molecule has 3 atom stereocenters. The van der Waals surface area contributed by atoms with Crippen LogP contribution < -0.4 is 10.4 Å². The van der Waals surface area contributed by atoms with E-state index in [1.807, 2.05) is 36.4 Å². The highest BCUT2D eigenvalue weighted by molar-refractivity contribution is 6.99. The molecule has 2 aromatic rings. The fourth-order valence-electron chi connectivity index (χ4n) is 5.42. The van der Waals surface area contributed by atoms with Gasteiger partial charge in [0.1, 0.15) is 11.6 Å². The smallest absolute Gasteiger partial charge is 0.411 e. The van der Waals surface area contributed by atoms with E-state index in [0.29, 0.717) is 6.42 Å². The van der Waals surface area contributed by atoms with Crippen LogP contribution in [0.4, 0.5) is 4.79 Å². The molecular weight excluding hydrogens is 494 g/mol. The van der Waals surface area contributed by atoms with Gasteiger partial charge in [-0.3, -0.25) is 4.90 Å². The number of hydrogen-bond acceptors (Lipinski definition) is 5. The molecule has 0 saturated carbocycles. The summed E-state index contributed by atoms with van der Waals surface area (Å²) in [6, 6.07) is 19.4. The molecular formula is C30H40N3O4Si+. The normalized spacial score (nSPS) is 20.6. The van der Waals surface area contributed by atoms with Crippen molar-refractivity contribution < 1.29 is 19.1 Å². The molecule has 1 aliphatic heterocycles. The van der Waals surface area contributed by atoms with Crippen molar-refractivity contribution in [1.29, 1.82) is 5.39 Å². The maximum Gasteiger partial charge on any atom is 0.411 e. The van der Waals surface area contributed by atoms with Crippen LogP contribution in [0.15, 0.2) is 85.3 Å². The predicted molar refractivity (Wildman–Crippen MR) is 153 cm³/mol. The van der Waals surface area contributed by atoms with Gasteiger partial charge in [0.05, 0.1) is 12.6 Å². The van der Waals surface area contributed by atoms with Gasteiger partial charge in [-0.15, -0.1) is 6.58 Å². The molecule has 3 rings (SSSR count). The summed E-state index contributed by atoms with van der Waals surface area (Å²) in [5.74, 6) is -0.524. The van der Waals surface area contributed by atoms with E-state index in [-0.39, 0.29) is 23.3 Å². The fourth-order valence-corrected chi connectivity index (χ4v) is 10.0. The molecule has 0 bridgehead atoms. The highest BCUT2D eigenvalue weighted by atomic mass is 28.4. The zero-order valence-electron chi connectivity index (χ0n) is 23.3. The second-order valence-corrected chi connectivity index (χ2v) is 16.1. The summed E-state index contributed by atoms with van der Waals surface area (Å²) in [6.07, 6.45) is 2.60. The van der Waals surface area contributed by atoms with Crippen molar-refractivity contribution in [3.63, 3.8) is 0 Å². The summed E-state index contributed by atoms with van der Waals surface area (Å²) >= 11 is 0. The van der Waals surface area contributed by atoms with Gasteiger partial charge in [-0.05, 0) is 42.6 Å². The summed E-state index contributed by atoms with van der Waals surface area (Å²) in [7, 11) is -2.86. The Hall–Kier alpha value is -3.41. The Bertz CT molecular complexity index is 1140. The molecule has 1 N–H and O–H groups in total. The number of rotatable bonds is 7. The number of nitrogens with zero attached hydrogens (tertiary/aromatic N) is 3. The van der Waals surface area contributed by atoms with Gasteiger partial charge in [0.15, 0.2) is 4.98 Å². The average molecular weight is 535 g/mol. The number of carbonyl (C=O) groups is 1. The van der Waals surface area contributed by atoms with E-state index in [1.54, 1.807) is 26.8 Å². The van der Waals surface area contributed by atoms with E-state index in [9.17, 15) is 9.90 Å². The molecule has 2 aromatic carbocycles. The van der Waals surface area contributed by atoms with E-state index in [1.165, 1.54) is 4.90 Å². The van der Waals surface area contributed by atoms with Crippen molar-refractivity contribution in [2.24, 2.45) is 5.92 Å². The predicted octanol–water partition coefficient (Wildman–Crippen LogP) is 6.00. The summed E-state index contributed by atoms with van der Waals surface area (Å²) < 4.78 is 12.9. The maximum absolute atomic E-state index is 13.5. The zero-order valence-corrected chi connectivity index (χ0v) is 24.3. The lowest BCUT2D eigenvalue weighted by atomic mass is 9.98. The van der Waals surface area contributed by atoms with E-state index in [2.05, 4.69) is 56.6 Å². The molecule has 0 radical (unpaired) electrons. The highest BCUT2D eigenvalue weighted by Crippen LogP contribution is 2.40. The van der Waals surface area contributed by atoms with Crippen LogP contribution in [0.2, 0.25) is 5.04 Å². The van der Waals surface area contributed by atoms with Gasteiger partial charge in [0.2, 0.25) is 11.2 Å². The minimum atomic E-state index is -2.86. The Labute approximate surface area is 227 Å². The van der Waals surface area contributed by atoms with E-state index in [0.717, 1.165) is 16.6 Å². The van der Waals surface area contributed by atoms with E-state index in [4.69, 9.17) is 14.6 Å². The minimum Gasteiger partial charge on any atom is -0.504 e. The molecule has 1 heterocycles. The molecule has 0 unspecified atom stereocenters. The standard InChI is InChI=1S/C30H39N3O4Si/c1-8-22-19-23(33(27(22)26(34)20-32-31)28(35)37-29(2,3)4)21-36-38(30(5,6)7,24-15-11-9-12-16-24)25-17-13-10-14-18-25/h8-18,20,22-23,27H,1,19,21H2,2-7H3/p+1/b26-20+/t22-,23+,27-/m1/s1. The second kappa shape index (κ2) is 11.5. The van der Waals surface area contributed by atoms with E-state index >= 15 is 0 Å². The highest BCUT2D eigenvalue weighted by Gasteiger charge is 2.53. The minimum absolute atomic E-state index is 0.233. The molecule has 0 spiro atoms. The van der Waals surface area contributed by atoms with Crippen LogP contribution in [0.1, 0.15) is 48.0 Å². The van der Waals surface area contributed by atoms with Crippen molar-refractivity contribution in [3.8, 4) is 0 Å². The van der Waals surface area contributed by atoms with Crippen LogP contribution in [0.5, 0.6) is 0 Å². The van der Waals surface area contributed by atoms with Gasteiger partial charge in [0, 0.05) is 5.92 Å². The molecule has 0 aliphatic carbocycles. The Kier molecular flexibility index (Phi) is 8.85. The number of likely N-dealkylation sites (tertiary alicyclic amines) is 1. The first-order valence-electron chi connectivity index (χ1n) is 13.0. The van der Waals surface area contributed by atoms with Crippen molar-refractivity contribution in [1.82, 2.24) is 4.90 Å². The summed E-state index contributed by atoms with van der Waals surface area (Å²) in [4.78, 5) is 18.0. The fraction of sp³-hybridized carbons (Fsp3) is 0.433. The molecule has 1 aliphatic rings. The van der Waals surface area contributed by atoms with Gasteiger partial charge in [-0.1, -0.05) is 87.5 Å². The Balaban J connectivity index is 2.10. The van der Waals surface area contributed by atoms with E-state index < -0.39 is 32.1 Å². The van der Waals surface area contributed by atoms with Crippen molar-refractivity contribution in [2.45, 2.75) is 70.7 Å². The van der Waals surface area contributed by atoms with Crippen molar-refractivity contribution >= 4 is 24.8 Å². The lowest BCUT2D eigenvalue weighted by Gasteiger charge is -2.44. The SMILES string of the molecule is C=C[C@@H]1C[C@@H](CO[Si](c2ccccc2)(c2ccccc2)C(C)(C)C)N(C(=O)OC(C)(C)C)[C@H]1/C(O)=C\[N+]#N.